The second-order valence-electron chi connectivity index (χ2n) is 10.3. The Balaban J connectivity index is 1.34. The molecule has 0 amide bonds. The third kappa shape index (κ3) is 7.11. The summed E-state index contributed by atoms with van der Waals surface area (Å²) in [6.45, 7) is 2.27. The summed E-state index contributed by atoms with van der Waals surface area (Å²) in [7, 11) is 0. The quantitative estimate of drug-likeness (QED) is 0.252. The van der Waals surface area contributed by atoms with Crippen molar-refractivity contribution < 1.29 is 22.3 Å². The molecule has 190 valence electrons. The molecule has 0 atom stereocenters. The maximum absolute atomic E-state index is 15.3. The van der Waals surface area contributed by atoms with Crippen LogP contribution in [-0.4, -0.2) is 6.36 Å². The van der Waals surface area contributed by atoms with E-state index in [2.05, 4.69) is 17.7 Å². The molecule has 1 nitrogen and oxygen atoms in total. The number of alkyl halides is 3. The Hall–Kier alpha value is -2.30. The molecule has 0 heterocycles. The van der Waals surface area contributed by atoms with Crippen LogP contribution in [0.15, 0.2) is 42.0 Å². The van der Waals surface area contributed by atoms with E-state index in [4.69, 9.17) is 0 Å². The third-order valence-corrected chi connectivity index (χ3v) is 7.79. The fourth-order valence-electron chi connectivity index (χ4n) is 5.74. The van der Waals surface area contributed by atoms with Gasteiger partial charge in [-0.1, -0.05) is 94.2 Å². The van der Waals surface area contributed by atoms with Crippen LogP contribution in [0.3, 0.4) is 0 Å². The molecule has 2 aromatic rings. The van der Waals surface area contributed by atoms with Crippen molar-refractivity contribution in [2.45, 2.75) is 90.3 Å². The van der Waals surface area contributed by atoms with Crippen LogP contribution in [0.25, 0.3) is 17.2 Å². The van der Waals surface area contributed by atoms with Gasteiger partial charge in [0.1, 0.15) is 11.6 Å². The summed E-state index contributed by atoms with van der Waals surface area (Å²) >= 11 is 0. The van der Waals surface area contributed by atoms with E-state index in [-0.39, 0.29) is 11.6 Å². The van der Waals surface area contributed by atoms with Gasteiger partial charge in [0.05, 0.1) is 0 Å². The van der Waals surface area contributed by atoms with Gasteiger partial charge in [-0.2, -0.15) is 0 Å². The van der Waals surface area contributed by atoms with Crippen LogP contribution in [0.1, 0.15) is 88.7 Å². The second kappa shape index (κ2) is 11.6. The average Bonchev–Trinajstić information content (AvgIpc) is 2.84. The number of fused-ring (bicyclic) bond motifs is 1. The van der Waals surface area contributed by atoms with E-state index in [1.807, 2.05) is 6.07 Å². The van der Waals surface area contributed by atoms with Gasteiger partial charge in [-0.15, -0.1) is 13.2 Å². The van der Waals surface area contributed by atoms with E-state index in [0.717, 1.165) is 30.2 Å². The maximum Gasteiger partial charge on any atom is 0.573 e. The van der Waals surface area contributed by atoms with Crippen LogP contribution in [0.4, 0.5) is 17.6 Å². The number of hydrogen-bond acceptors (Lipinski definition) is 1. The Morgan fingerprint density at radius 1 is 0.857 bits per heavy atom. The van der Waals surface area contributed by atoms with Crippen molar-refractivity contribution in [2.24, 2.45) is 11.8 Å². The van der Waals surface area contributed by atoms with E-state index in [1.165, 1.54) is 87.6 Å². The highest BCUT2D eigenvalue weighted by molar-refractivity contribution is 5.71. The number of ether oxygens (including phenoxy) is 1. The van der Waals surface area contributed by atoms with Crippen molar-refractivity contribution in [3.05, 3.63) is 58.9 Å². The summed E-state index contributed by atoms with van der Waals surface area (Å²) in [5.74, 6) is 1.17. The molecule has 0 unspecified atom stereocenters. The van der Waals surface area contributed by atoms with Crippen LogP contribution in [-0.2, 0) is 6.42 Å². The SMILES string of the molecule is CCCCCC1CCC(CCC2=Cc3ccc(-c4ccc(OC(F)(F)F)cc4)c(F)c3CC2)CC1. The summed E-state index contributed by atoms with van der Waals surface area (Å²) in [5, 5.41) is 0. The molecule has 0 N–H and O–H groups in total. The van der Waals surface area contributed by atoms with E-state index in [0.29, 0.717) is 23.1 Å². The predicted molar refractivity (Wildman–Crippen MR) is 134 cm³/mol. The molecule has 0 aliphatic heterocycles. The van der Waals surface area contributed by atoms with Crippen LogP contribution in [0.2, 0.25) is 0 Å². The zero-order chi connectivity index (χ0) is 24.8. The smallest absolute Gasteiger partial charge is 0.406 e. The van der Waals surface area contributed by atoms with E-state index in [1.54, 1.807) is 6.07 Å². The van der Waals surface area contributed by atoms with Gasteiger partial charge in [-0.3, -0.25) is 0 Å². The van der Waals surface area contributed by atoms with Crippen LogP contribution >= 0.6 is 0 Å². The predicted octanol–water partition coefficient (Wildman–Crippen LogP) is 9.89. The second-order valence-corrected chi connectivity index (χ2v) is 10.3. The molecular formula is C30H36F4O. The summed E-state index contributed by atoms with van der Waals surface area (Å²) < 4.78 is 56.4. The lowest BCUT2D eigenvalue weighted by Crippen LogP contribution is -2.16. The minimum atomic E-state index is -4.74. The lowest BCUT2D eigenvalue weighted by atomic mass is 9.77. The maximum atomic E-state index is 15.3. The molecule has 0 aromatic heterocycles. The molecule has 5 heteroatoms. The lowest BCUT2D eigenvalue weighted by Gasteiger charge is -2.29. The number of benzene rings is 2. The van der Waals surface area contributed by atoms with E-state index >= 15 is 4.39 Å². The molecule has 0 radical (unpaired) electrons. The highest BCUT2D eigenvalue weighted by atomic mass is 19.4. The molecular weight excluding hydrogens is 452 g/mol. The van der Waals surface area contributed by atoms with Gasteiger partial charge in [0, 0.05) is 5.56 Å². The first-order valence-corrected chi connectivity index (χ1v) is 13.2. The lowest BCUT2D eigenvalue weighted by molar-refractivity contribution is -0.274. The average molecular weight is 489 g/mol. The Bertz CT molecular complexity index is 998. The third-order valence-electron chi connectivity index (χ3n) is 7.79. The molecule has 0 spiro atoms. The fraction of sp³-hybridized carbons (Fsp3) is 0.533. The van der Waals surface area contributed by atoms with E-state index in [9.17, 15) is 13.2 Å². The summed E-state index contributed by atoms with van der Waals surface area (Å²) in [5.41, 5.74) is 4.00. The van der Waals surface area contributed by atoms with Gasteiger partial charge in [0.25, 0.3) is 0 Å². The zero-order valence-electron chi connectivity index (χ0n) is 20.6. The molecule has 1 saturated carbocycles. The van der Waals surface area contributed by atoms with Crippen molar-refractivity contribution in [1.82, 2.24) is 0 Å². The highest BCUT2D eigenvalue weighted by Crippen LogP contribution is 2.38. The first-order chi connectivity index (χ1) is 16.8. The monoisotopic (exact) mass is 488 g/mol. The largest absolute Gasteiger partial charge is 0.573 e. The Morgan fingerprint density at radius 2 is 1.54 bits per heavy atom. The molecule has 2 aliphatic carbocycles. The fourth-order valence-corrected chi connectivity index (χ4v) is 5.74. The van der Waals surface area contributed by atoms with Gasteiger partial charge in [-0.25, -0.2) is 4.39 Å². The Kier molecular flexibility index (Phi) is 8.56. The van der Waals surface area contributed by atoms with Crippen molar-refractivity contribution in [3.8, 4) is 16.9 Å². The zero-order valence-corrected chi connectivity index (χ0v) is 20.6. The molecule has 35 heavy (non-hydrogen) atoms. The number of rotatable bonds is 9. The minimum absolute atomic E-state index is 0.274. The Morgan fingerprint density at radius 3 is 2.20 bits per heavy atom. The molecule has 2 aromatic carbocycles. The minimum Gasteiger partial charge on any atom is -0.406 e. The Labute approximate surface area is 206 Å². The van der Waals surface area contributed by atoms with Gasteiger partial charge < -0.3 is 4.74 Å². The van der Waals surface area contributed by atoms with Crippen molar-refractivity contribution in [2.75, 3.05) is 0 Å². The topological polar surface area (TPSA) is 9.23 Å². The molecule has 0 saturated heterocycles. The van der Waals surface area contributed by atoms with Crippen molar-refractivity contribution in [1.29, 1.82) is 0 Å². The van der Waals surface area contributed by atoms with Crippen LogP contribution in [0.5, 0.6) is 5.75 Å². The van der Waals surface area contributed by atoms with Crippen molar-refractivity contribution in [3.63, 3.8) is 0 Å². The van der Waals surface area contributed by atoms with Crippen LogP contribution in [0, 0.1) is 17.7 Å². The first-order valence-electron chi connectivity index (χ1n) is 13.2. The van der Waals surface area contributed by atoms with E-state index < -0.39 is 6.36 Å². The van der Waals surface area contributed by atoms with Crippen molar-refractivity contribution >= 4 is 6.08 Å². The molecule has 0 bridgehead atoms. The number of unbranched alkanes of at least 4 members (excludes halogenated alkanes) is 2. The van der Waals surface area contributed by atoms with Gasteiger partial charge in [0.15, 0.2) is 0 Å². The number of allylic oxidation sites excluding steroid dienone is 1. The summed E-state index contributed by atoms with van der Waals surface area (Å²) in [6, 6.07) is 9.04. The molecule has 2 aliphatic rings. The summed E-state index contributed by atoms with van der Waals surface area (Å²) in [4.78, 5) is 0. The molecule has 1 fully saturated rings. The summed E-state index contributed by atoms with van der Waals surface area (Å²) in [6.07, 6.45) is 12.2. The number of hydrogen-bond donors (Lipinski definition) is 0. The first kappa shape index (κ1) is 25.8. The van der Waals surface area contributed by atoms with Gasteiger partial charge >= 0.3 is 6.36 Å². The number of halogens is 4. The standard InChI is InChI=1S/C30H36F4O/c1-2-3-4-5-21-6-8-22(9-7-21)10-11-23-12-18-28-25(20-23)15-19-27(29(28)31)24-13-16-26(17-14-24)35-30(32,33)34/h13-17,19-22H,2-12,18H2,1H3. The van der Waals surface area contributed by atoms with Crippen LogP contribution < -0.4 is 4.74 Å². The molecule has 4 rings (SSSR count). The normalized spacial score (nSPS) is 20.3. The van der Waals surface area contributed by atoms with Gasteiger partial charge in [0.2, 0.25) is 0 Å². The van der Waals surface area contributed by atoms with Gasteiger partial charge in [-0.05, 0) is 66.3 Å². The highest BCUT2D eigenvalue weighted by Gasteiger charge is 2.31.